The van der Waals surface area contributed by atoms with Crippen molar-refractivity contribution in [1.29, 1.82) is 0 Å². The summed E-state index contributed by atoms with van der Waals surface area (Å²) >= 11 is 0. The topological polar surface area (TPSA) is 73.8 Å². The largest absolute Gasteiger partial charge is 0.357 e. The van der Waals surface area contributed by atoms with Crippen LogP contribution < -0.4 is 10.6 Å². The highest BCUT2D eigenvalue weighted by Gasteiger charge is 2.26. The summed E-state index contributed by atoms with van der Waals surface area (Å²) in [6, 6.07) is 8.58. The minimum absolute atomic E-state index is 0.250. The van der Waals surface area contributed by atoms with E-state index >= 15 is 0 Å². The predicted molar refractivity (Wildman–Crippen MR) is 124 cm³/mol. The van der Waals surface area contributed by atoms with E-state index in [0.29, 0.717) is 30.8 Å². The molecule has 7 heteroatoms. The first-order chi connectivity index (χ1) is 14.6. The molecule has 3 atom stereocenters. The zero-order valence-corrected chi connectivity index (χ0v) is 19.2. The van der Waals surface area contributed by atoms with Crippen molar-refractivity contribution in [2.75, 3.05) is 18.8 Å². The number of nitrogens with zero attached hydrogens (tertiary/aromatic N) is 2. The van der Waals surface area contributed by atoms with Crippen molar-refractivity contribution in [2.45, 2.75) is 76.8 Å². The number of rotatable bonds is 8. The molecule has 1 saturated heterocycles. The number of likely N-dealkylation sites (tertiary alicyclic amines) is 1. The van der Waals surface area contributed by atoms with Gasteiger partial charge in [0.1, 0.15) is 0 Å². The standard InChI is InChI=1S/C23H36N4O2S/c1-3-24-23(26-20-11-7-12-21(15-20)30(29)4-2)25-16-18-9-5-6-10-19(18)17-27-14-8-13-22(27)28/h5-6,9-10,20-21H,3-4,7-8,11-17H2,1-2H3,(H2,24,25,26). The Balaban J connectivity index is 1.65. The fourth-order valence-electron chi connectivity index (χ4n) is 4.37. The first kappa shape index (κ1) is 22.8. The quantitative estimate of drug-likeness (QED) is 0.489. The number of benzene rings is 1. The number of guanidine groups is 1. The van der Waals surface area contributed by atoms with Crippen LogP contribution in [0.2, 0.25) is 0 Å². The summed E-state index contributed by atoms with van der Waals surface area (Å²) in [7, 11) is -0.727. The normalized spacial score (nSPS) is 23.5. The Morgan fingerprint density at radius 3 is 2.70 bits per heavy atom. The van der Waals surface area contributed by atoms with Crippen molar-refractivity contribution >= 4 is 22.7 Å². The number of hydrogen-bond donors (Lipinski definition) is 2. The monoisotopic (exact) mass is 432 g/mol. The van der Waals surface area contributed by atoms with Crippen molar-refractivity contribution in [3.8, 4) is 0 Å². The third kappa shape index (κ3) is 6.30. The lowest BCUT2D eigenvalue weighted by atomic mass is 9.95. The van der Waals surface area contributed by atoms with E-state index in [2.05, 4.69) is 29.7 Å². The highest BCUT2D eigenvalue weighted by atomic mass is 32.2. The molecule has 0 aromatic heterocycles. The predicted octanol–water partition coefficient (Wildman–Crippen LogP) is 2.94. The Bertz CT molecular complexity index is 767. The van der Waals surface area contributed by atoms with Gasteiger partial charge in [0.05, 0.1) is 6.54 Å². The molecule has 2 N–H and O–H groups in total. The summed E-state index contributed by atoms with van der Waals surface area (Å²) < 4.78 is 12.2. The molecule has 0 radical (unpaired) electrons. The van der Waals surface area contributed by atoms with E-state index < -0.39 is 10.8 Å². The summed E-state index contributed by atoms with van der Waals surface area (Å²) in [5.74, 6) is 1.80. The summed E-state index contributed by atoms with van der Waals surface area (Å²) in [5, 5.41) is 7.23. The van der Waals surface area contributed by atoms with Gasteiger partial charge in [-0.15, -0.1) is 0 Å². The molecule has 166 valence electrons. The molecule has 1 amide bonds. The molecule has 0 bridgehead atoms. The van der Waals surface area contributed by atoms with E-state index in [-0.39, 0.29) is 5.91 Å². The molecule has 1 saturated carbocycles. The van der Waals surface area contributed by atoms with Gasteiger partial charge >= 0.3 is 0 Å². The van der Waals surface area contributed by atoms with Gasteiger partial charge in [0.15, 0.2) is 5.96 Å². The molecule has 1 aliphatic carbocycles. The SMILES string of the molecule is CCNC(=NCc1ccccc1CN1CCCC1=O)NC1CCCC(S(=O)CC)C1. The van der Waals surface area contributed by atoms with E-state index in [1.807, 2.05) is 24.0 Å². The van der Waals surface area contributed by atoms with E-state index in [1.54, 1.807) is 0 Å². The van der Waals surface area contributed by atoms with E-state index in [9.17, 15) is 9.00 Å². The van der Waals surface area contributed by atoms with Gasteiger partial charge in [-0.25, -0.2) is 4.99 Å². The van der Waals surface area contributed by atoms with Crippen LogP contribution in [-0.2, 0) is 28.7 Å². The fraction of sp³-hybridized carbons (Fsp3) is 0.652. The molecule has 1 aromatic rings. The lowest BCUT2D eigenvalue weighted by Crippen LogP contribution is -2.46. The number of aliphatic imine (C=N–C) groups is 1. The Labute approximate surface area is 183 Å². The van der Waals surface area contributed by atoms with Crippen LogP contribution in [-0.4, -0.2) is 51.1 Å². The van der Waals surface area contributed by atoms with Gasteiger partial charge in [-0.05, 0) is 43.7 Å². The van der Waals surface area contributed by atoms with Gasteiger partial charge in [-0.1, -0.05) is 37.6 Å². The molecule has 2 aliphatic rings. The van der Waals surface area contributed by atoms with Gasteiger partial charge in [0.2, 0.25) is 5.91 Å². The number of amides is 1. The molecule has 1 aromatic carbocycles. The van der Waals surface area contributed by atoms with Crippen LogP contribution in [0.25, 0.3) is 0 Å². The third-order valence-electron chi connectivity index (χ3n) is 6.03. The van der Waals surface area contributed by atoms with E-state index in [1.165, 1.54) is 5.56 Å². The van der Waals surface area contributed by atoms with Crippen LogP contribution in [0.5, 0.6) is 0 Å². The maximum Gasteiger partial charge on any atom is 0.222 e. The molecular formula is C23H36N4O2S. The van der Waals surface area contributed by atoms with E-state index in [4.69, 9.17) is 4.99 Å². The summed E-state index contributed by atoms with van der Waals surface area (Å²) in [5.41, 5.74) is 2.33. The third-order valence-corrected chi connectivity index (χ3v) is 7.77. The van der Waals surface area contributed by atoms with Crippen LogP contribution in [0.1, 0.15) is 63.5 Å². The van der Waals surface area contributed by atoms with Crippen LogP contribution in [0, 0.1) is 0 Å². The lowest BCUT2D eigenvalue weighted by molar-refractivity contribution is -0.128. The lowest BCUT2D eigenvalue weighted by Gasteiger charge is -2.30. The van der Waals surface area contributed by atoms with Gasteiger partial charge in [-0.2, -0.15) is 0 Å². The second-order valence-electron chi connectivity index (χ2n) is 8.18. The molecule has 6 nitrogen and oxygen atoms in total. The number of carbonyl (C=O) groups is 1. The van der Waals surface area contributed by atoms with Crippen LogP contribution in [0.3, 0.4) is 0 Å². The summed E-state index contributed by atoms with van der Waals surface area (Å²) in [6.07, 6.45) is 5.84. The van der Waals surface area contributed by atoms with Crippen molar-refractivity contribution in [2.24, 2.45) is 4.99 Å². The van der Waals surface area contributed by atoms with Crippen molar-refractivity contribution in [3.05, 3.63) is 35.4 Å². The zero-order valence-electron chi connectivity index (χ0n) is 18.4. The molecule has 2 fully saturated rings. The average Bonchev–Trinajstić information content (AvgIpc) is 3.17. The van der Waals surface area contributed by atoms with E-state index in [0.717, 1.165) is 62.5 Å². The molecule has 1 heterocycles. The van der Waals surface area contributed by atoms with Crippen LogP contribution in [0.15, 0.2) is 29.3 Å². The first-order valence-corrected chi connectivity index (χ1v) is 12.8. The van der Waals surface area contributed by atoms with Gasteiger partial charge in [-0.3, -0.25) is 9.00 Å². The number of hydrogen-bond acceptors (Lipinski definition) is 3. The molecule has 3 rings (SSSR count). The Morgan fingerprint density at radius 2 is 2.00 bits per heavy atom. The number of nitrogens with one attached hydrogen (secondary N) is 2. The van der Waals surface area contributed by atoms with Crippen molar-refractivity contribution < 1.29 is 9.00 Å². The highest BCUT2D eigenvalue weighted by Crippen LogP contribution is 2.23. The fourth-order valence-corrected chi connectivity index (χ4v) is 5.72. The molecular weight excluding hydrogens is 396 g/mol. The molecule has 1 aliphatic heterocycles. The second-order valence-corrected chi connectivity index (χ2v) is 10.2. The van der Waals surface area contributed by atoms with Crippen molar-refractivity contribution in [3.63, 3.8) is 0 Å². The minimum Gasteiger partial charge on any atom is -0.357 e. The maximum atomic E-state index is 12.2. The zero-order chi connectivity index (χ0) is 21.3. The maximum absolute atomic E-state index is 12.2. The molecule has 3 unspecified atom stereocenters. The smallest absolute Gasteiger partial charge is 0.222 e. The van der Waals surface area contributed by atoms with Gasteiger partial charge in [0.25, 0.3) is 0 Å². The van der Waals surface area contributed by atoms with Gasteiger partial charge in [0, 0.05) is 53.9 Å². The first-order valence-electron chi connectivity index (χ1n) is 11.4. The van der Waals surface area contributed by atoms with Crippen molar-refractivity contribution in [1.82, 2.24) is 15.5 Å². The second kappa shape index (κ2) is 11.5. The average molecular weight is 433 g/mol. The highest BCUT2D eigenvalue weighted by molar-refractivity contribution is 7.85. The van der Waals surface area contributed by atoms with Gasteiger partial charge < -0.3 is 15.5 Å². The Hall–Kier alpha value is -1.89. The number of carbonyl (C=O) groups excluding carboxylic acids is 1. The molecule has 30 heavy (non-hydrogen) atoms. The summed E-state index contributed by atoms with van der Waals surface area (Å²) in [6.45, 7) is 6.97. The molecule has 0 spiro atoms. The van der Waals surface area contributed by atoms with Crippen LogP contribution >= 0.6 is 0 Å². The Morgan fingerprint density at radius 1 is 1.20 bits per heavy atom. The summed E-state index contributed by atoms with van der Waals surface area (Å²) in [4.78, 5) is 18.8. The Kier molecular flexibility index (Phi) is 8.73. The minimum atomic E-state index is -0.727. The van der Waals surface area contributed by atoms with Crippen LogP contribution in [0.4, 0.5) is 0 Å².